The molecule has 0 bridgehead atoms. The summed E-state index contributed by atoms with van der Waals surface area (Å²) >= 11 is 0. The molecule has 2 aromatic heterocycles. The molecule has 3 rings (SSSR count). The van der Waals surface area contributed by atoms with Crippen LogP contribution < -0.4 is 0 Å². The minimum atomic E-state index is -4.34. The highest BCUT2D eigenvalue weighted by Gasteiger charge is 2.29. The van der Waals surface area contributed by atoms with Crippen LogP contribution in [0.25, 0.3) is 5.52 Å². The largest absolute Gasteiger partial charge is 0.416 e. The molecule has 0 N–H and O–H groups in total. The van der Waals surface area contributed by atoms with E-state index in [1.54, 1.807) is 28.9 Å². The number of hydrogen-bond acceptors (Lipinski definition) is 2. The lowest BCUT2D eigenvalue weighted by molar-refractivity contribution is -0.137. The molecule has 0 fully saturated rings. The molecule has 0 spiro atoms. The van der Waals surface area contributed by atoms with Gasteiger partial charge in [0.05, 0.1) is 17.3 Å². The molecule has 0 radical (unpaired) electrons. The number of imidazole rings is 1. The first kappa shape index (κ1) is 14.3. The van der Waals surface area contributed by atoms with Crippen LogP contribution in [0.15, 0.2) is 48.8 Å². The minimum Gasteiger partial charge on any atom is -0.303 e. The summed E-state index contributed by atoms with van der Waals surface area (Å²) in [4.78, 5) is 15.1. The smallest absolute Gasteiger partial charge is 0.303 e. The first-order valence-electron chi connectivity index (χ1n) is 6.55. The van der Waals surface area contributed by atoms with Crippen molar-refractivity contribution in [1.82, 2.24) is 9.38 Å². The zero-order valence-corrected chi connectivity index (χ0v) is 11.3. The molecule has 1 aromatic carbocycles. The first-order valence-corrected chi connectivity index (χ1v) is 6.55. The van der Waals surface area contributed by atoms with Crippen LogP contribution in [0, 0.1) is 0 Å². The van der Waals surface area contributed by atoms with Crippen molar-refractivity contribution in [3.05, 3.63) is 71.3 Å². The Morgan fingerprint density at radius 1 is 1.09 bits per heavy atom. The zero-order valence-electron chi connectivity index (χ0n) is 11.3. The van der Waals surface area contributed by atoms with Gasteiger partial charge < -0.3 is 4.40 Å². The van der Waals surface area contributed by atoms with Gasteiger partial charge in [-0.3, -0.25) is 4.79 Å². The zero-order chi connectivity index (χ0) is 15.7. The van der Waals surface area contributed by atoms with Gasteiger partial charge in [-0.1, -0.05) is 12.1 Å². The molecular weight excluding hydrogens is 293 g/mol. The molecule has 0 saturated carbocycles. The monoisotopic (exact) mass is 304 g/mol. The van der Waals surface area contributed by atoms with Gasteiger partial charge in [-0.2, -0.15) is 13.2 Å². The third kappa shape index (κ3) is 2.72. The van der Waals surface area contributed by atoms with Crippen LogP contribution in [0.2, 0.25) is 0 Å². The summed E-state index contributed by atoms with van der Waals surface area (Å²) in [6, 6.07) is 8.45. The van der Waals surface area contributed by atoms with E-state index in [0.29, 0.717) is 17.8 Å². The minimum absolute atomic E-state index is 0.384. The van der Waals surface area contributed by atoms with E-state index in [9.17, 15) is 18.0 Å². The molecule has 0 amide bonds. The third-order valence-corrected chi connectivity index (χ3v) is 3.41. The van der Waals surface area contributed by atoms with Crippen LogP contribution >= 0.6 is 0 Å². The Balaban J connectivity index is 1.91. The Hall–Kier alpha value is -2.63. The van der Waals surface area contributed by atoms with Gasteiger partial charge in [-0.15, -0.1) is 0 Å². The number of carbonyl (C=O) groups is 1. The fourth-order valence-electron chi connectivity index (χ4n) is 2.25. The molecule has 0 saturated heterocycles. The fraction of sp³-hybridized carbons (Fsp3) is 0.125. The highest BCUT2D eigenvalue weighted by Crippen LogP contribution is 2.29. The van der Waals surface area contributed by atoms with Crippen LogP contribution in [-0.4, -0.2) is 15.7 Å². The normalized spacial score (nSPS) is 11.8. The lowest BCUT2D eigenvalue weighted by Crippen LogP contribution is -2.05. The molecule has 3 nitrogen and oxygen atoms in total. The molecule has 22 heavy (non-hydrogen) atoms. The predicted octanol–water partition coefficient (Wildman–Crippen LogP) is 3.76. The average Bonchev–Trinajstić information content (AvgIpc) is 2.89. The Morgan fingerprint density at radius 3 is 2.45 bits per heavy atom. The number of alkyl halides is 3. The molecule has 0 aliphatic carbocycles. The maximum absolute atomic E-state index is 12.5. The highest BCUT2D eigenvalue weighted by molar-refractivity contribution is 5.75. The summed E-state index contributed by atoms with van der Waals surface area (Å²) in [7, 11) is 0. The van der Waals surface area contributed by atoms with Gasteiger partial charge in [0, 0.05) is 18.2 Å². The quantitative estimate of drug-likeness (QED) is 0.691. The fourth-order valence-corrected chi connectivity index (χ4v) is 2.25. The number of benzene rings is 1. The summed E-state index contributed by atoms with van der Waals surface area (Å²) in [5.41, 5.74) is 1.39. The van der Waals surface area contributed by atoms with Crippen LogP contribution in [0.3, 0.4) is 0 Å². The maximum Gasteiger partial charge on any atom is 0.416 e. The van der Waals surface area contributed by atoms with Crippen molar-refractivity contribution in [2.45, 2.75) is 12.6 Å². The number of pyridine rings is 1. The molecule has 0 aliphatic heterocycles. The predicted molar refractivity (Wildman–Crippen MR) is 74.8 cm³/mol. The van der Waals surface area contributed by atoms with E-state index in [1.807, 2.05) is 0 Å². The lowest BCUT2D eigenvalue weighted by Gasteiger charge is -2.07. The summed E-state index contributed by atoms with van der Waals surface area (Å²) < 4.78 is 39.4. The molecule has 0 unspecified atom stereocenters. The van der Waals surface area contributed by atoms with Crippen LogP contribution in [0.5, 0.6) is 0 Å². The van der Waals surface area contributed by atoms with Crippen molar-refractivity contribution in [3.63, 3.8) is 0 Å². The van der Waals surface area contributed by atoms with Gasteiger partial charge in [0.15, 0.2) is 6.29 Å². The van der Waals surface area contributed by atoms with E-state index in [1.165, 1.54) is 12.1 Å². The van der Waals surface area contributed by atoms with Crippen molar-refractivity contribution >= 4 is 11.8 Å². The van der Waals surface area contributed by atoms with Crippen LogP contribution in [0.1, 0.15) is 27.3 Å². The number of aldehydes is 1. The van der Waals surface area contributed by atoms with E-state index < -0.39 is 11.7 Å². The third-order valence-electron chi connectivity index (χ3n) is 3.41. The van der Waals surface area contributed by atoms with Gasteiger partial charge in [0.25, 0.3) is 0 Å². The Morgan fingerprint density at radius 2 is 1.82 bits per heavy atom. The summed E-state index contributed by atoms with van der Waals surface area (Å²) in [5.74, 6) is 0.665. The average molecular weight is 304 g/mol. The van der Waals surface area contributed by atoms with Crippen molar-refractivity contribution in [2.75, 3.05) is 0 Å². The SMILES string of the molecule is O=Cc1ccc2cnc(Cc3ccc(C(F)(F)F)cc3)n2c1. The van der Waals surface area contributed by atoms with Crippen molar-refractivity contribution in [3.8, 4) is 0 Å². The van der Waals surface area contributed by atoms with E-state index >= 15 is 0 Å². The van der Waals surface area contributed by atoms with Crippen molar-refractivity contribution in [1.29, 1.82) is 0 Å². The molecular formula is C16H11F3N2O. The maximum atomic E-state index is 12.5. The number of rotatable bonds is 3. The number of nitrogens with zero attached hydrogens (tertiary/aromatic N) is 2. The van der Waals surface area contributed by atoms with Gasteiger partial charge in [0.2, 0.25) is 0 Å². The van der Waals surface area contributed by atoms with Crippen molar-refractivity contribution < 1.29 is 18.0 Å². The standard InChI is InChI=1S/C16H11F3N2O/c17-16(18,19)13-4-1-11(2-5-13)7-15-20-8-14-6-3-12(10-22)9-21(14)15/h1-6,8-10H,7H2. The topological polar surface area (TPSA) is 34.4 Å². The van der Waals surface area contributed by atoms with E-state index in [4.69, 9.17) is 0 Å². The van der Waals surface area contributed by atoms with E-state index in [0.717, 1.165) is 29.5 Å². The second-order valence-corrected chi connectivity index (χ2v) is 4.92. The van der Waals surface area contributed by atoms with E-state index in [-0.39, 0.29) is 0 Å². The van der Waals surface area contributed by atoms with Crippen LogP contribution in [0.4, 0.5) is 13.2 Å². The number of halogens is 3. The van der Waals surface area contributed by atoms with Gasteiger partial charge >= 0.3 is 6.18 Å². The summed E-state index contributed by atoms with van der Waals surface area (Å²) in [6.07, 6.45) is 0.107. The van der Waals surface area contributed by atoms with Gasteiger partial charge in [-0.05, 0) is 29.8 Å². The molecule has 0 aliphatic rings. The molecule has 6 heteroatoms. The molecule has 2 heterocycles. The highest BCUT2D eigenvalue weighted by atomic mass is 19.4. The second-order valence-electron chi connectivity index (χ2n) is 4.92. The number of carbonyl (C=O) groups excluding carboxylic acids is 1. The lowest BCUT2D eigenvalue weighted by atomic mass is 10.1. The molecule has 112 valence electrons. The Kier molecular flexibility index (Phi) is 3.44. The Labute approximate surface area is 124 Å². The summed E-state index contributed by atoms with van der Waals surface area (Å²) in [5, 5.41) is 0. The Bertz CT molecular complexity index is 820. The second kappa shape index (κ2) is 5.29. The number of aromatic nitrogens is 2. The first-order chi connectivity index (χ1) is 10.5. The number of fused-ring (bicyclic) bond motifs is 1. The van der Waals surface area contributed by atoms with E-state index in [2.05, 4.69) is 4.98 Å². The van der Waals surface area contributed by atoms with Crippen LogP contribution in [-0.2, 0) is 12.6 Å². The molecule has 3 aromatic rings. The van der Waals surface area contributed by atoms with Gasteiger partial charge in [-0.25, -0.2) is 4.98 Å². The van der Waals surface area contributed by atoms with Crippen molar-refractivity contribution in [2.24, 2.45) is 0 Å². The number of hydrogen-bond donors (Lipinski definition) is 0. The molecule has 0 atom stereocenters. The summed E-state index contributed by atoms with van der Waals surface area (Å²) in [6.45, 7) is 0. The van der Waals surface area contributed by atoms with Gasteiger partial charge in [0.1, 0.15) is 5.82 Å².